The predicted octanol–water partition coefficient (Wildman–Crippen LogP) is 2.63. The fraction of sp³-hybridized carbons (Fsp3) is 0.429. The number of benzene rings is 1. The van der Waals surface area contributed by atoms with E-state index in [1.165, 1.54) is 4.90 Å². The van der Waals surface area contributed by atoms with Gasteiger partial charge in [0, 0.05) is 18.8 Å². The van der Waals surface area contributed by atoms with Crippen LogP contribution in [0.3, 0.4) is 0 Å². The molecule has 0 fully saturated rings. The van der Waals surface area contributed by atoms with E-state index in [9.17, 15) is 9.59 Å². The Kier molecular flexibility index (Phi) is 5.36. The molecule has 0 atom stereocenters. The minimum absolute atomic E-state index is 0.0476. The van der Waals surface area contributed by atoms with Gasteiger partial charge >= 0.3 is 12.0 Å². The van der Waals surface area contributed by atoms with E-state index in [-0.39, 0.29) is 19.0 Å². The predicted molar refractivity (Wildman–Crippen MR) is 74.4 cm³/mol. The van der Waals surface area contributed by atoms with Gasteiger partial charge in [0.2, 0.25) is 0 Å². The summed E-state index contributed by atoms with van der Waals surface area (Å²) in [7, 11) is 0. The number of para-hydroxylation sites is 1. The number of carboxylic acids is 1. The minimum atomic E-state index is -0.904. The SMILES string of the molecule is CCN(CCC(=O)O)C(=O)Nc1c(C)cccc1C. The van der Waals surface area contributed by atoms with Crippen molar-refractivity contribution in [1.29, 1.82) is 0 Å². The van der Waals surface area contributed by atoms with E-state index < -0.39 is 5.97 Å². The zero-order chi connectivity index (χ0) is 14.4. The van der Waals surface area contributed by atoms with Gasteiger partial charge in [0.25, 0.3) is 0 Å². The van der Waals surface area contributed by atoms with Crippen molar-refractivity contribution in [2.24, 2.45) is 0 Å². The number of nitrogens with zero attached hydrogens (tertiary/aromatic N) is 1. The Bertz CT molecular complexity index is 452. The van der Waals surface area contributed by atoms with Gasteiger partial charge in [-0.15, -0.1) is 0 Å². The van der Waals surface area contributed by atoms with Crippen LogP contribution in [0.4, 0.5) is 10.5 Å². The average molecular weight is 264 g/mol. The van der Waals surface area contributed by atoms with Gasteiger partial charge in [0.1, 0.15) is 0 Å². The molecular weight excluding hydrogens is 244 g/mol. The molecule has 0 radical (unpaired) electrons. The number of nitrogens with one attached hydrogen (secondary N) is 1. The summed E-state index contributed by atoms with van der Waals surface area (Å²) in [6.45, 7) is 6.37. The van der Waals surface area contributed by atoms with Gasteiger partial charge in [-0.25, -0.2) is 4.79 Å². The summed E-state index contributed by atoms with van der Waals surface area (Å²) in [5.41, 5.74) is 2.77. The van der Waals surface area contributed by atoms with E-state index in [1.54, 1.807) is 0 Å². The molecule has 0 aromatic heterocycles. The molecule has 1 aromatic rings. The summed E-state index contributed by atoms with van der Waals surface area (Å²) in [5.74, 6) is -0.904. The number of carboxylic acid groups (broad SMARTS) is 1. The molecule has 0 aliphatic rings. The van der Waals surface area contributed by atoms with Gasteiger partial charge in [-0.2, -0.15) is 0 Å². The van der Waals surface area contributed by atoms with Gasteiger partial charge < -0.3 is 15.3 Å². The summed E-state index contributed by atoms with van der Waals surface area (Å²) in [6, 6.07) is 5.52. The van der Waals surface area contributed by atoms with Crippen LogP contribution in [-0.2, 0) is 4.79 Å². The van der Waals surface area contributed by atoms with Crippen LogP contribution in [0.1, 0.15) is 24.5 Å². The van der Waals surface area contributed by atoms with Crippen LogP contribution in [0.25, 0.3) is 0 Å². The molecule has 1 aromatic carbocycles. The Morgan fingerprint density at radius 2 is 1.84 bits per heavy atom. The number of aliphatic carboxylic acids is 1. The fourth-order valence-electron chi connectivity index (χ4n) is 1.83. The summed E-state index contributed by atoms with van der Waals surface area (Å²) >= 11 is 0. The second-order valence-electron chi connectivity index (χ2n) is 4.42. The van der Waals surface area contributed by atoms with Crippen LogP contribution in [0.5, 0.6) is 0 Å². The number of aryl methyl sites for hydroxylation is 2. The van der Waals surface area contributed by atoms with Gasteiger partial charge in [0.15, 0.2) is 0 Å². The molecule has 5 nitrogen and oxygen atoms in total. The number of rotatable bonds is 5. The van der Waals surface area contributed by atoms with Gasteiger partial charge in [-0.05, 0) is 31.9 Å². The highest BCUT2D eigenvalue weighted by atomic mass is 16.4. The van der Waals surface area contributed by atoms with Crippen molar-refractivity contribution in [3.8, 4) is 0 Å². The summed E-state index contributed by atoms with van der Waals surface area (Å²) in [4.78, 5) is 24.1. The van der Waals surface area contributed by atoms with Crippen molar-refractivity contribution in [3.05, 3.63) is 29.3 Å². The highest BCUT2D eigenvalue weighted by Gasteiger charge is 2.14. The van der Waals surface area contributed by atoms with E-state index in [1.807, 2.05) is 39.0 Å². The third-order valence-corrected chi connectivity index (χ3v) is 2.98. The Hall–Kier alpha value is -2.04. The molecule has 0 saturated carbocycles. The molecule has 0 aliphatic heterocycles. The monoisotopic (exact) mass is 264 g/mol. The molecule has 0 unspecified atom stereocenters. The zero-order valence-electron chi connectivity index (χ0n) is 11.6. The number of anilines is 1. The van der Waals surface area contributed by atoms with E-state index in [2.05, 4.69) is 5.32 Å². The Balaban J connectivity index is 2.74. The van der Waals surface area contributed by atoms with Crippen molar-refractivity contribution >= 4 is 17.7 Å². The summed E-state index contributed by atoms with van der Waals surface area (Å²) in [5, 5.41) is 11.5. The van der Waals surface area contributed by atoms with Gasteiger partial charge in [0.05, 0.1) is 6.42 Å². The van der Waals surface area contributed by atoms with Crippen molar-refractivity contribution < 1.29 is 14.7 Å². The Morgan fingerprint density at radius 3 is 2.32 bits per heavy atom. The molecule has 2 amide bonds. The number of urea groups is 1. The first-order chi connectivity index (χ1) is 8.95. The van der Waals surface area contributed by atoms with Crippen LogP contribution >= 0.6 is 0 Å². The van der Waals surface area contributed by atoms with Crippen LogP contribution in [0.2, 0.25) is 0 Å². The second-order valence-corrected chi connectivity index (χ2v) is 4.42. The third-order valence-electron chi connectivity index (χ3n) is 2.98. The third kappa shape index (κ3) is 4.28. The molecular formula is C14H20N2O3. The second kappa shape index (κ2) is 6.78. The maximum absolute atomic E-state index is 12.1. The Labute approximate surface area is 113 Å². The quantitative estimate of drug-likeness (QED) is 0.859. The fourth-order valence-corrected chi connectivity index (χ4v) is 1.83. The molecule has 0 aliphatic carbocycles. The van der Waals surface area contributed by atoms with Crippen molar-refractivity contribution in [2.45, 2.75) is 27.2 Å². The number of carbonyl (C=O) groups is 2. The lowest BCUT2D eigenvalue weighted by Gasteiger charge is -2.22. The Morgan fingerprint density at radius 1 is 1.26 bits per heavy atom. The molecule has 104 valence electrons. The van der Waals surface area contributed by atoms with Crippen LogP contribution < -0.4 is 5.32 Å². The summed E-state index contributed by atoms with van der Waals surface area (Å²) < 4.78 is 0. The smallest absolute Gasteiger partial charge is 0.321 e. The normalized spacial score (nSPS) is 10.1. The molecule has 2 N–H and O–H groups in total. The van der Waals surface area contributed by atoms with Crippen LogP contribution in [0, 0.1) is 13.8 Å². The molecule has 0 spiro atoms. The lowest BCUT2D eigenvalue weighted by atomic mass is 10.1. The van der Waals surface area contributed by atoms with E-state index in [4.69, 9.17) is 5.11 Å². The van der Waals surface area contributed by atoms with Gasteiger partial charge in [-0.3, -0.25) is 4.79 Å². The van der Waals surface area contributed by atoms with Crippen molar-refractivity contribution in [1.82, 2.24) is 4.90 Å². The van der Waals surface area contributed by atoms with Crippen LogP contribution in [-0.4, -0.2) is 35.1 Å². The first kappa shape index (κ1) is 15.0. The van der Waals surface area contributed by atoms with Gasteiger partial charge in [-0.1, -0.05) is 18.2 Å². The number of hydrogen-bond acceptors (Lipinski definition) is 2. The molecule has 0 bridgehead atoms. The lowest BCUT2D eigenvalue weighted by molar-refractivity contribution is -0.137. The molecule has 1 rings (SSSR count). The number of hydrogen-bond donors (Lipinski definition) is 2. The molecule has 0 heterocycles. The maximum atomic E-state index is 12.1. The number of amides is 2. The first-order valence-corrected chi connectivity index (χ1v) is 6.29. The minimum Gasteiger partial charge on any atom is -0.481 e. The van der Waals surface area contributed by atoms with Crippen molar-refractivity contribution in [2.75, 3.05) is 18.4 Å². The first-order valence-electron chi connectivity index (χ1n) is 6.29. The number of carbonyl (C=O) groups excluding carboxylic acids is 1. The van der Waals surface area contributed by atoms with E-state index >= 15 is 0 Å². The topological polar surface area (TPSA) is 69.6 Å². The van der Waals surface area contributed by atoms with Crippen molar-refractivity contribution in [3.63, 3.8) is 0 Å². The zero-order valence-corrected chi connectivity index (χ0v) is 11.6. The van der Waals surface area contributed by atoms with Crippen LogP contribution in [0.15, 0.2) is 18.2 Å². The standard InChI is InChI=1S/C14H20N2O3/c1-4-16(9-8-12(17)18)14(19)15-13-10(2)6-5-7-11(13)3/h5-7H,4,8-9H2,1-3H3,(H,15,19)(H,17,18). The molecule has 5 heteroatoms. The average Bonchev–Trinajstić information content (AvgIpc) is 2.34. The lowest BCUT2D eigenvalue weighted by Crippen LogP contribution is -2.36. The highest BCUT2D eigenvalue weighted by Crippen LogP contribution is 2.19. The summed E-state index contributed by atoms with van der Waals surface area (Å²) in [6.07, 6.45) is -0.0476. The largest absolute Gasteiger partial charge is 0.481 e. The highest BCUT2D eigenvalue weighted by molar-refractivity contribution is 5.91. The maximum Gasteiger partial charge on any atom is 0.321 e. The molecule has 19 heavy (non-hydrogen) atoms. The molecule has 0 saturated heterocycles. The van der Waals surface area contributed by atoms with E-state index in [0.29, 0.717) is 6.54 Å². The van der Waals surface area contributed by atoms with E-state index in [0.717, 1.165) is 16.8 Å².